The predicted molar refractivity (Wildman–Crippen MR) is 109 cm³/mol. The van der Waals surface area contributed by atoms with Crippen molar-refractivity contribution in [3.63, 3.8) is 0 Å². The maximum absolute atomic E-state index is 4.03. The van der Waals surface area contributed by atoms with Crippen LogP contribution in [0.25, 0.3) is 0 Å². The molecule has 27 heavy (non-hydrogen) atoms. The molecule has 0 saturated carbocycles. The summed E-state index contributed by atoms with van der Waals surface area (Å²) in [5, 5.41) is 1.58. The standard InChI is InChI=1S/C12H16NSi.2C5H5.2ClH.Zr/c1-3-10-13(11-4-2)14-12-8-6-5-7-9-12;2*1-2-4-5-3-1;;;/h3-9,14H,1-2,10-11H2;2*1-3H,4H2;2*1H;/q;;;;;+2/p-2. The van der Waals surface area contributed by atoms with Crippen LogP contribution in [-0.2, 0) is 20.9 Å². The first kappa shape index (κ1) is 24.3. The van der Waals surface area contributed by atoms with Crippen molar-refractivity contribution in [1.29, 1.82) is 0 Å². The summed E-state index contributed by atoms with van der Waals surface area (Å²) in [5.41, 5.74) is 0. The summed E-state index contributed by atoms with van der Waals surface area (Å²) >= 11 is -1.97. The van der Waals surface area contributed by atoms with E-state index in [0.717, 1.165) is 13.1 Å². The zero-order valence-corrected chi connectivity index (χ0v) is 20.7. The number of allylic oxidation sites excluding steroid dienone is 8. The normalized spacial score (nSPS) is 15.4. The van der Waals surface area contributed by atoms with Crippen LogP contribution in [0.4, 0.5) is 0 Å². The van der Waals surface area contributed by atoms with E-state index in [2.05, 4.69) is 96.7 Å². The number of hydrogen-bond donors (Lipinski definition) is 0. The topological polar surface area (TPSA) is 3.24 Å². The summed E-state index contributed by atoms with van der Waals surface area (Å²) in [4.78, 5) is 0. The van der Waals surface area contributed by atoms with Gasteiger partial charge < -0.3 is 24.8 Å². The van der Waals surface area contributed by atoms with Crippen molar-refractivity contribution < 1.29 is 45.7 Å². The second kappa shape index (κ2) is 12.7. The van der Waals surface area contributed by atoms with E-state index in [9.17, 15) is 0 Å². The fourth-order valence-corrected chi connectivity index (χ4v) is 26.7. The van der Waals surface area contributed by atoms with E-state index in [4.69, 9.17) is 0 Å². The Kier molecular flexibility index (Phi) is 11.4. The predicted octanol–water partition coefficient (Wildman–Crippen LogP) is -1.90. The molecule has 1 aromatic rings. The van der Waals surface area contributed by atoms with Crippen LogP contribution in [-0.4, -0.2) is 23.7 Å². The van der Waals surface area contributed by atoms with Gasteiger partial charge in [-0.15, -0.1) is 0 Å². The Bertz CT molecular complexity index is 700. The van der Waals surface area contributed by atoms with Crippen molar-refractivity contribution in [2.75, 3.05) is 13.1 Å². The monoisotopic (exact) mass is 492 g/mol. The molecule has 0 amide bonds. The Morgan fingerprint density at radius 3 is 1.81 bits per heavy atom. The minimum absolute atomic E-state index is 0. The molecule has 0 radical (unpaired) electrons. The van der Waals surface area contributed by atoms with Crippen LogP contribution in [0.15, 0.2) is 98.7 Å². The van der Waals surface area contributed by atoms with Crippen molar-refractivity contribution in [2.45, 2.75) is 12.8 Å². The van der Waals surface area contributed by atoms with Crippen LogP contribution < -0.4 is 30.0 Å². The Morgan fingerprint density at radius 2 is 1.41 bits per heavy atom. The number of nitrogens with zero attached hydrogens (tertiary/aromatic N) is 1. The van der Waals surface area contributed by atoms with Crippen molar-refractivity contribution in [3.8, 4) is 0 Å². The van der Waals surface area contributed by atoms with Crippen molar-refractivity contribution >= 4 is 11.3 Å². The third-order valence-electron chi connectivity index (χ3n) is 4.72. The van der Waals surface area contributed by atoms with Crippen LogP contribution in [0.2, 0.25) is 0 Å². The first-order chi connectivity index (χ1) is 12.3. The molecule has 3 rings (SSSR count). The third kappa shape index (κ3) is 6.14. The van der Waals surface area contributed by atoms with Crippen LogP contribution in [0.3, 0.4) is 0 Å². The summed E-state index contributed by atoms with van der Waals surface area (Å²) in [6.07, 6.45) is 19.2. The molecule has 0 aromatic heterocycles. The molecule has 0 aliphatic heterocycles. The van der Waals surface area contributed by atoms with Gasteiger partial charge in [0.15, 0.2) is 0 Å². The molecule has 1 unspecified atom stereocenters. The molecule has 1 atom stereocenters. The SMILES string of the molecule is C=CCN(CC=C)[SiH](c1ccccc1)[Zr+2]([C]1=CC=CC1)[C]1=CC=CC1.[Cl-].[Cl-]. The van der Waals surface area contributed by atoms with Gasteiger partial charge in [0.25, 0.3) is 0 Å². The van der Waals surface area contributed by atoms with E-state index in [-0.39, 0.29) is 24.8 Å². The van der Waals surface area contributed by atoms with Crippen LogP contribution in [0.5, 0.6) is 0 Å². The molecule has 0 fully saturated rings. The van der Waals surface area contributed by atoms with Gasteiger partial charge >= 0.3 is 161 Å². The second-order valence-corrected chi connectivity index (χ2v) is 21.2. The molecule has 141 valence electrons. The molecule has 2 aliphatic rings. The first-order valence-corrected chi connectivity index (χ1v) is 17.3. The Labute approximate surface area is 185 Å². The van der Waals surface area contributed by atoms with Gasteiger partial charge in [0.2, 0.25) is 0 Å². The fourth-order valence-electron chi connectivity index (χ4n) is 3.66. The molecule has 1 aromatic carbocycles. The van der Waals surface area contributed by atoms with Crippen LogP contribution in [0, 0.1) is 0 Å². The number of hydrogen-bond acceptors (Lipinski definition) is 1. The average molecular weight is 495 g/mol. The van der Waals surface area contributed by atoms with Crippen molar-refractivity contribution in [2.24, 2.45) is 0 Å². The van der Waals surface area contributed by atoms with E-state index < -0.39 is 27.0 Å². The molecule has 0 heterocycles. The maximum atomic E-state index is 4.03. The Balaban J connectivity index is 0.00000182. The molecule has 0 N–H and O–H groups in total. The number of rotatable bonds is 9. The largest absolute Gasteiger partial charge is 1.00 e. The zero-order valence-electron chi connectivity index (χ0n) is 15.5. The quantitative estimate of drug-likeness (QED) is 0.287. The minimum Gasteiger partial charge on any atom is -1.00 e. The Morgan fingerprint density at radius 1 is 0.889 bits per heavy atom. The summed E-state index contributed by atoms with van der Waals surface area (Å²) in [7, 11) is 0. The third-order valence-corrected chi connectivity index (χ3v) is 26.2. The Hall–Kier alpha value is -0.700. The average Bonchev–Trinajstić information content (AvgIpc) is 3.34. The smallest absolute Gasteiger partial charge is 1.00 e. The van der Waals surface area contributed by atoms with Gasteiger partial charge in [0.05, 0.1) is 0 Å². The number of halogens is 2. The van der Waals surface area contributed by atoms with E-state index in [0.29, 0.717) is 0 Å². The fraction of sp³-hybridized carbons (Fsp3) is 0.182. The molecular formula is C22H26Cl2NSiZr. The van der Waals surface area contributed by atoms with Crippen molar-refractivity contribution in [3.05, 3.63) is 98.7 Å². The molecular weight excluding hydrogens is 468 g/mol. The molecule has 0 saturated heterocycles. The van der Waals surface area contributed by atoms with Gasteiger partial charge in [-0.05, 0) is 0 Å². The molecule has 5 heteroatoms. The first-order valence-electron chi connectivity index (χ1n) is 8.95. The maximum Gasteiger partial charge on any atom is -1.00 e. The molecule has 0 bridgehead atoms. The van der Waals surface area contributed by atoms with Gasteiger partial charge in [-0.2, -0.15) is 0 Å². The minimum atomic E-state index is -1.97. The van der Waals surface area contributed by atoms with Gasteiger partial charge in [0, 0.05) is 0 Å². The van der Waals surface area contributed by atoms with Crippen molar-refractivity contribution in [1.82, 2.24) is 4.57 Å². The number of benzene rings is 1. The summed E-state index contributed by atoms with van der Waals surface area (Å²) < 4.78 is 6.23. The van der Waals surface area contributed by atoms with Gasteiger partial charge in [-0.25, -0.2) is 0 Å². The van der Waals surface area contributed by atoms with Gasteiger partial charge in [-0.3, -0.25) is 0 Å². The summed E-state index contributed by atoms with van der Waals surface area (Å²) in [5.74, 6) is 0. The van der Waals surface area contributed by atoms with E-state index in [1.165, 1.54) is 12.8 Å². The van der Waals surface area contributed by atoms with E-state index in [1.54, 1.807) is 11.7 Å². The van der Waals surface area contributed by atoms with Crippen LogP contribution in [0.1, 0.15) is 12.8 Å². The second-order valence-electron chi connectivity index (χ2n) is 6.41. The molecule has 0 spiro atoms. The summed E-state index contributed by atoms with van der Waals surface area (Å²) in [6.45, 7) is 9.98. The molecule has 2 aliphatic carbocycles. The molecule has 1 nitrogen and oxygen atoms in total. The van der Waals surface area contributed by atoms with Crippen LogP contribution >= 0.6 is 0 Å². The van der Waals surface area contributed by atoms with E-state index >= 15 is 0 Å². The zero-order chi connectivity index (χ0) is 17.5. The van der Waals surface area contributed by atoms with Gasteiger partial charge in [-0.1, -0.05) is 0 Å². The summed E-state index contributed by atoms with van der Waals surface area (Å²) in [6, 6.07) is 11.3. The van der Waals surface area contributed by atoms with E-state index in [1.807, 2.05) is 0 Å². The van der Waals surface area contributed by atoms with Gasteiger partial charge in [0.1, 0.15) is 0 Å².